The Labute approximate surface area is 239 Å². The van der Waals surface area contributed by atoms with Crippen LogP contribution in [0.3, 0.4) is 0 Å². The van der Waals surface area contributed by atoms with Gasteiger partial charge in [0.25, 0.3) is 5.91 Å². The Bertz CT molecular complexity index is 1110. The van der Waals surface area contributed by atoms with Crippen molar-refractivity contribution in [1.82, 2.24) is 10.6 Å². The third-order valence-electron chi connectivity index (χ3n) is 6.76. The highest BCUT2D eigenvalue weighted by Gasteiger charge is 2.27. The Morgan fingerprint density at radius 1 is 1.18 bits per heavy atom. The van der Waals surface area contributed by atoms with E-state index < -0.39 is 12.5 Å². The molecule has 0 saturated heterocycles. The van der Waals surface area contributed by atoms with E-state index in [1.165, 1.54) is 18.4 Å². The molecule has 2 aliphatic rings. The number of halogens is 3. The first-order chi connectivity index (χ1) is 19.3. The number of carbonyl (C=O) groups excluding carboxylic acids is 2. The molecule has 3 rings (SSSR count). The van der Waals surface area contributed by atoms with Crippen LogP contribution in [0.4, 0.5) is 8.78 Å². The van der Waals surface area contributed by atoms with Gasteiger partial charge < -0.3 is 25.5 Å². The van der Waals surface area contributed by atoms with Crippen molar-refractivity contribution in [3.63, 3.8) is 0 Å². The van der Waals surface area contributed by atoms with Crippen LogP contribution in [-0.2, 0) is 14.3 Å². The van der Waals surface area contributed by atoms with Crippen LogP contribution < -0.4 is 10.6 Å². The molecule has 218 valence electrons. The molecular formula is C30H38ClF2N3O4. The Kier molecular flexibility index (Phi) is 12.8. The van der Waals surface area contributed by atoms with E-state index in [1.54, 1.807) is 24.3 Å². The number of nitrogens with one attached hydrogen (secondary N) is 3. The van der Waals surface area contributed by atoms with E-state index in [0.717, 1.165) is 32.1 Å². The highest BCUT2D eigenvalue weighted by atomic mass is 35.5. The fraction of sp³-hybridized carbons (Fsp3) is 0.500. The quantitative estimate of drug-likeness (QED) is 0.142. The minimum Gasteiger partial charge on any atom is -0.433 e. The molecular weight excluding hydrogens is 540 g/mol. The lowest BCUT2D eigenvalue weighted by molar-refractivity contribution is -0.118. The first kappa shape index (κ1) is 31.5. The molecule has 40 heavy (non-hydrogen) atoms. The summed E-state index contributed by atoms with van der Waals surface area (Å²) in [6.07, 6.45) is 10.3. The van der Waals surface area contributed by atoms with E-state index >= 15 is 0 Å². The molecule has 1 fully saturated rings. The van der Waals surface area contributed by atoms with Crippen LogP contribution >= 0.6 is 11.6 Å². The Hall–Kier alpha value is -3.04. The highest BCUT2D eigenvalue weighted by Crippen LogP contribution is 2.29. The summed E-state index contributed by atoms with van der Waals surface area (Å²) >= 11 is 5.90. The zero-order valence-corrected chi connectivity index (χ0v) is 23.6. The normalized spacial score (nSPS) is 16.9. The van der Waals surface area contributed by atoms with Crippen LogP contribution in [0, 0.1) is 17.2 Å². The molecule has 0 radical (unpaired) electrons. The molecule has 1 atom stereocenters. The standard InChI is InChI=1S/C30H38ClF2N3O4/c1-2-4-20(5-3-6-27(37)22-9-11-23(31)12-10-22)17-35-18-25-26(34)14-13-24(28(25)40-30(32)33)29(38)36-15-16-39-19-21-7-8-21/h9-14,18,20-21,30,34-35H,2-8,15-17,19H2,1H3,(H,36,38)/b25-18+,34-26?. The van der Waals surface area contributed by atoms with Crippen molar-refractivity contribution >= 4 is 29.0 Å². The monoisotopic (exact) mass is 577 g/mol. The molecule has 0 heterocycles. The van der Waals surface area contributed by atoms with Crippen LogP contribution in [-0.4, -0.2) is 50.3 Å². The van der Waals surface area contributed by atoms with Gasteiger partial charge in [0.1, 0.15) is 5.76 Å². The number of Topliss-reactive ketones (excluding diaryl/α,β-unsaturated/α-hetero) is 1. The minimum absolute atomic E-state index is 0.0481. The van der Waals surface area contributed by atoms with Gasteiger partial charge in [0.05, 0.1) is 23.5 Å². The summed E-state index contributed by atoms with van der Waals surface area (Å²) in [6, 6.07) is 6.84. The SMILES string of the molecule is CCCC(CCCC(=O)c1ccc(Cl)cc1)CN/C=C1\C(=N)C=CC(C(=O)NCCOCC2CC2)=C1OC(F)F. The number of alkyl halides is 2. The highest BCUT2D eigenvalue weighted by molar-refractivity contribution is 6.30. The van der Waals surface area contributed by atoms with Crippen LogP contribution in [0.25, 0.3) is 0 Å². The third-order valence-corrected chi connectivity index (χ3v) is 7.01. The second-order valence-electron chi connectivity index (χ2n) is 10.1. The minimum atomic E-state index is -3.16. The fourth-order valence-corrected chi connectivity index (χ4v) is 4.55. The second kappa shape index (κ2) is 16.3. The lowest BCUT2D eigenvalue weighted by atomic mass is 9.94. The molecule has 0 aromatic heterocycles. The first-order valence-electron chi connectivity index (χ1n) is 13.8. The zero-order valence-electron chi connectivity index (χ0n) is 22.8. The molecule has 10 heteroatoms. The number of ketones is 1. The number of rotatable bonds is 18. The van der Waals surface area contributed by atoms with Gasteiger partial charge in [-0.25, -0.2) is 0 Å². The molecule has 3 N–H and O–H groups in total. The average Bonchev–Trinajstić information content (AvgIpc) is 3.74. The molecule has 1 aromatic rings. The van der Waals surface area contributed by atoms with Crippen LogP contribution in [0.15, 0.2) is 59.5 Å². The lowest BCUT2D eigenvalue weighted by Gasteiger charge is -2.21. The van der Waals surface area contributed by atoms with Gasteiger partial charge in [0, 0.05) is 42.9 Å². The Morgan fingerprint density at radius 3 is 2.60 bits per heavy atom. The van der Waals surface area contributed by atoms with E-state index in [1.807, 2.05) is 0 Å². The molecule has 0 bridgehead atoms. The maximum Gasteiger partial charge on any atom is 0.387 e. The fourth-order valence-electron chi connectivity index (χ4n) is 4.42. The molecule has 0 aliphatic heterocycles. The number of ether oxygens (including phenoxy) is 2. The molecule has 1 aromatic carbocycles. The summed E-state index contributed by atoms with van der Waals surface area (Å²) < 4.78 is 36.8. The molecule has 1 saturated carbocycles. The van der Waals surface area contributed by atoms with Crippen LogP contribution in [0.2, 0.25) is 5.02 Å². The first-order valence-corrected chi connectivity index (χ1v) is 14.2. The van der Waals surface area contributed by atoms with Crippen molar-refractivity contribution in [2.75, 3.05) is 26.3 Å². The lowest BCUT2D eigenvalue weighted by Crippen LogP contribution is -2.31. The van der Waals surface area contributed by atoms with E-state index in [-0.39, 0.29) is 40.9 Å². The summed E-state index contributed by atoms with van der Waals surface area (Å²) in [5.41, 5.74) is 0.587. The maximum atomic E-state index is 13.3. The smallest absolute Gasteiger partial charge is 0.387 e. The van der Waals surface area contributed by atoms with Crippen molar-refractivity contribution in [3.8, 4) is 0 Å². The largest absolute Gasteiger partial charge is 0.433 e. The van der Waals surface area contributed by atoms with Crippen molar-refractivity contribution in [3.05, 3.63) is 70.1 Å². The summed E-state index contributed by atoms with van der Waals surface area (Å²) in [6.45, 7) is 0.656. The number of allylic oxidation sites excluding steroid dienone is 2. The topological polar surface area (TPSA) is 101 Å². The third kappa shape index (κ3) is 10.5. The van der Waals surface area contributed by atoms with Crippen molar-refractivity contribution in [1.29, 1.82) is 5.41 Å². The van der Waals surface area contributed by atoms with E-state index in [0.29, 0.717) is 49.1 Å². The zero-order chi connectivity index (χ0) is 28.9. The number of carbonyl (C=O) groups is 2. The van der Waals surface area contributed by atoms with Gasteiger partial charge in [0.2, 0.25) is 0 Å². The van der Waals surface area contributed by atoms with Gasteiger partial charge in [-0.3, -0.25) is 9.59 Å². The summed E-state index contributed by atoms with van der Waals surface area (Å²) in [4.78, 5) is 25.2. The van der Waals surface area contributed by atoms with Gasteiger partial charge in [-0.05, 0) is 80.4 Å². The molecule has 1 unspecified atom stereocenters. The number of amides is 1. The molecule has 1 amide bonds. The van der Waals surface area contributed by atoms with Gasteiger partial charge in [-0.2, -0.15) is 8.78 Å². The average molecular weight is 578 g/mol. The molecule has 7 nitrogen and oxygen atoms in total. The van der Waals surface area contributed by atoms with Gasteiger partial charge in [0.15, 0.2) is 5.78 Å². The number of benzene rings is 1. The van der Waals surface area contributed by atoms with Crippen molar-refractivity contribution < 1.29 is 27.8 Å². The van der Waals surface area contributed by atoms with Crippen LogP contribution in [0.5, 0.6) is 0 Å². The predicted octanol–water partition coefficient (Wildman–Crippen LogP) is 6.21. The number of hydrogen-bond donors (Lipinski definition) is 3. The molecule has 0 spiro atoms. The Morgan fingerprint density at radius 2 is 1.93 bits per heavy atom. The van der Waals surface area contributed by atoms with Crippen molar-refractivity contribution in [2.45, 2.75) is 58.5 Å². The number of hydrogen-bond acceptors (Lipinski definition) is 6. The molecule has 2 aliphatic carbocycles. The van der Waals surface area contributed by atoms with E-state index in [9.17, 15) is 18.4 Å². The summed E-state index contributed by atoms with van der Waals surface area (Å²) in [5.74, 6) is -0.0223. The predicted molar refractivity (Wildman–Crippen MR) is 152 cm³/mol. The van der Waals surface area contributed by atoms with Gasteiger partial charge >= 0.3 is 6.61 Å². The summed E-state index contributed by atoms with van der Waals surface area (Å²) in [5, 5.41) is 14.7. The van der Waals surface area contributed by atoms with Crippen LogP contribution in [0.1, 0.15) is 62.2 Å². The van der Waals surface area contributed by atoms with Gasteiger partial charge in [-0.1, -0.05) is 24.9 Å². The second-order valence-corrected chi connectivity index (χ2v) is 10.5. The van der Waals surface area contributed by atoms with Gasteiger partial charge in [-0.15, -0.1) is 0 Å². The maximum absolute atomic E-state index is 13.3. The van der Waals surface area contributed by atoms with Crippen molar-refractivity contribution in [2.24, 2.45) is 11.8 Å². The van der Waals surface area contributed by atoms with E-state index in [4.69, 9.17) is 26.5 Å². The van der Waals surface area contributed by atoms with E-state index in [2.05, 4.69) is 17.6 Å². The Balaban J connectivity index is 1.57. The summed E-state index contributed by atoms with van der Waals surface area (Å²) in [7, 11) is 0.